The van der Waals surface area contributed by atoms with E-state index in [9.17, 15) is 10.5 Å². The standard InChI is InChI=1S/C17H22N4O/c1-17(2,3)12-21-16(10-19)15(9-18)20-11-13-6-5-7-14(8-13)22-4/h5-8,20-21H,11-12H2,1-4H3/b16-15+. The fourth-order valence-electron chi connectivity index (χ4n) is 1.69. The summed E-state index contributed by atoms with van der Waals surface area (Å²) in [5, 5.41) is 24.5. The first kappa shape index (κ1) is 17.4. The molecule has 116 valence electrons. The number of hydrogen-bond donors (Lipinski definition) is 2. The second-order valence-electron chi connectivity index (χ2n) is 6.09. The molecule has 1 aromatic rings. The molecule has 0 aliphatic carbocycles. The second-order valence-corrected chi connectivity index (χ2v) is 6.09. The largest absolute Gasteiger partial charge is 0.497 e. The van der Waals surface area contributed by atoms with Gasteiger partial charge in [0.2, 0.25) is 0 Å². The molecule has 2 N–H and O–H groups in total. The van der Waals surface area contributed by atoms with Gasteiger partial charge in [0, 0.05) is 13.1 Å². The molecule has 0 atom stereocenters. The van der Waals surface area contributed by atoms with Crippen LogP contribution in [-0.4, -0.2) is 13.7 Å². The summed E-state index contributed by atoms with van der Waals surface area (Å²) in [6, 6.07) is 11.6. The SMILES string of the molecule is COc1cccc(CN/C(C#N)=C(\C#N)NCC(C)(C)C)c1. The van der Waals surface area contributed by atoms with Crippen molar-refractivity contribution in [1.82, 2.24) is 10.6 Å². The van der Waals surface area contributed by atoms with Crippen molar-refractivity contribution in [2.45, 2.75) is 27.3 Å². The van der Waals surface area contributed by atoms with Crippen LogP contribution in [0.3, 0.4) is 0 Å². The van der Waals surface area contributed by atoms with E-state index in [2.05, 4.69) is 31.4 Å². The Labute approximate surface area is 132 Å². The van der Waals surface area contributed by atoms with Crippen LogP contribution in [0.4, 0.5) is 0 Å². The van der Waals surface area contributed by atoms with Gasteiger partial charge in [-0.25, -0.2) is 0 Å². The minimum Gasteiger partial charge on any atom is -0.497 e. The average Bonchev–Trinajstić information content (AvgIpc) is 2.49. The summed E-state index contributed by atoms with van der Waals surface area (Å²) in [5.74, 6) is 0.758. The molecular formula is C17H22N4O. The molecule has 0 bridgehead atoms. The number of nitriles is 2. The van der Waals surface area contributed by atoms with Crippen LogP contribution in [0.5, 0.6) is 5.75 Å². The molecule has 0 aliphatic heterocycles. The third-order valence-electron chi connectivity index (χ3n) is 2.87. The molecule has 0 radical (unpaired) electrons. The molecule has 0 spiro atoms. The van der Waals surface area contributed by atoms with Crippen molar-refractivity contribution in [3.8, 4) is 17.9 Å². The minimum atomic E-state index is 0.0233. The summed E-state index contributed by atoms with van der Waals surface area (Å²) in [4.78, 5) is 0. The molecule has 5 heteroatoms. The van der Waals surface area contributed by atoms with Gasteiger partial charge < -0.3 is 15.4 Å². The van der Waals surface area contributed by atoms with E-state index < -0.39 is 0 Å². The Kier molecular flexibility index (Phi) is 6.28. The van der Waals surface area contributed by atoms with Gasteiger partial charge in [-0.2, -0.15) is 10.5 Å². The van der Waals surface area contributed by atoms with Crippen LogP contribution in [-0.2, 0) is 6.54 Å². The Morgan fingerprint density at radius 2 is 1.77 bits per heavy atom. The monoisotopic (exact) mass is 298 g/mol. The van der Waals surface area contributed by atoms with E-state index in [4.69, 9.17) is 4.74 Å². The maximum atomic E-state index is 9.25. The molecule has 0 saturated heterocycles. The van der Waals surface area contributed by atoms with E-state index in [1.165, 1.54) is 0 Å². The summed E-state index contributed by atoms with van der Waals surface area (Å²) >= 11 is 0. The van der Waals surface area contributed by atoms with Crippen molar-refractivity contribution in [3.63, 3.8) is 0 Å². The molecule has 0 unspecified atom stereocenters. The van der Waals surface area contributed by atoms with E-state index in [0.29, 0.717) is 13.1 Å². The van der Waals surface area contributed by atoms with Crippen molar-refractivity contribution in [2.75, 3.05) is 13.7 Å². The molecular weight excluding hydrogens is 276 g/mol. The van der Waals surface area contributed by atoms with Crippen LogP contribution in [0.15, 0.2) is 35.7 Å². The number of nitrogens with one attached hydrogen (secondary N) is 2. The first-order valence-corrected chi connectivity index (χ1v) is 7.05. The van der Waals surface area contributed by atoms with Crippen LogP contribution in [0, 0.1) is 28.1 Å². The zero-order valence-corrected chi connectivity index (χ0v) is 13.5. The minimum absolute atomic E-state index is 0.0233. The Morgan fingerprint density at radius 1 is 1.14 bits per heavy atom. The number of benzene rings is 1. The van der Waals surface area contributed by atoms with E-state index in [0.717, 1.165) is 11.3 Å². The molecule has 0 aromatic heterocycles. The number of rotatable bonds is 6. The van der Waals surface area contributed by atoms with Crippen molar-refractivity contribution in [3.05, 3.63) is 41.2 Å². The second kappa shape index (κ2) is 7.95. The summed E-state index contributed by atoms with van der Waals surface area (Å²) < 4.78 is 5.16. The summed E-state index contributed by atoms with van der Waals surface area (Å²) in [7, 11) is 1.61. The van der Waals surface area contributed by atoms with Crippen LogP contribution in [0.25, 0.3) is 0 Å². The smallest absolute Gasteiger partial charge is 0.148 e. The quantitative estimate of drug-likeness (QED) is 0.789. The van der Waals surface area contributed by atoms with Crippen LogP contribution in [0.1, 0.15) is 26.3 Å². The predicted octanol–water partition coefficient (Wildman–Crippen LogP) is 2.68. The van der Waals surface area contributed by atoms with Crippen LogP contribution >= 0.6 is 0 Å². The van der Waals surface area contributed by atoms with Gasteiger partial charge in [0.05, 0.1) is 7.11 Å². The highest BCUT2D eigenvalue weighted by atomic mass is 16.5. The third kappa shape index (κ3) is 5.76. The predicted molar refractivity (Wildman–Crippen MR) is 85.5 cm³/mol. The Morgan fingerprint density at radius 3 is 2.32 bits per heavy atom. The van der Waals surface area contributed by atoms with Gasteiger partial charge in [-0.05, 0) is 23.1 Å². The highest BCUT2D eigenvalue weighted by molar-refractivity contribution is 5.35. The summed E-state index contributed by atoms with van der Waals surface area (Å²) in [6.07, 6.45) is 0. The van der Waals surface area contributed by atoms with E-state index in [1.54, 1.807) is 7.11 Å². The number of methoxy groups -OCH3 is 1. The van der Waals surface area contributed by atoms with Gasteiger partial charge >= 0.3 is 0 Å². The molecule has 1 rings (SSSR count). The maximum absolute atomic E-state index is 9.25. The zero-order valence-electron chi connectivity index (χ0n) is 13.5. The molecule has 0 aliphatic rings. The van der Waals surface area contributed by atoms with Gasteiger partial charge in [-0.1, -0.05) is 32.9 Å². The lowest BCUT2D eigenvalue weighted by Crippen LogP contribution is -2.28. The lowest BCUT2D eigenvalue weighted by molar-refractivity contribution is 0.398. The lowest BCUT2D eigenvalue weighted by atomic mass is 9.97. The molecule has 5 nitrogen and oxygen atoms in total. The van der Waals surface area contributed by atoms with Crippen molar-refractivity contribution >= 4 is 0 Å². The average molecular weight is 298 g/mol. The third-order valence-corrected chi connectivity index (χ3v) is 2.87. The highest BCUT2D eigenvalue weighted by Crippen LogP contribution is 2.14. The number of allylic oxidation sites excluding steroid dienone is 2. The highest BCUT2D eigenvalue weighted by Gasteiger charge is 2.13. The summed E-state index contributed by atoms with van der Waals surface area (Å²) in [5.41, 5.74) is 1.50. The summed E-state index contributed by atoms with van der Waals surface area (Å²) in [6.45, 7) is 7.24. The van der Waals surface area contributed by atoms with E-state index >= 15 is 0 Å². The first-order valence-electron chi connectivity index (χ1n) is 7.05. The van der Waals surface area contributed by atoms with E-state index in [-0.39, 0.29) is 16.8 Å². The van der Waals surface area contributed by atoms with Crippen molar-refractivity contribution in [1.29, 1.82) is 10.5 Å². The van der Waals surface area contributed by atoms with Gasteiger partial charge in [-0.15, -0.1) is 0 Å². The van der Waals surface area contributed by atoms with E-state index in [1.807, 2.05) is 36.4 Å². The molecule has 1 aromatic carbocycles. The Bertz CT molecular complexity index is 615. The normalized spacial score (nSPS) is 11.7. The fourth-order valence-corrected chi connectivity index (χ4v) is 1.69. The maximum Gasteiger partial charge on any atom is 0.148 e. The fraction of sp³-hybridized carbons (Fsp3) is 0.412. The molecule has 0 amide bonds. The zero-order chi connectivity index (χ0) is 16.6. The number of ether oxygens (including phenoxy) is 1. The van der Waals surface area contributed by atoms with Gasteiger partial charge in [-0.3, -0.25) is 0 Å². The Hall–Kier alpha value is -2.66. The topological polar surface area (TPSA) is 80.9 Å². The van der Waals surface area contributed by atoms with Crippen LogP contribution < -0.4 is 15.4 Å². The van der Waals surface area contributed by atoms with Gasteiger partial charge in [0.15, 0.2) is 0 Å². The lowest BCUT2D eigenvalue weighted by Gasteiger charge is -2.19. The molecule has 0 saturated carbocycles. The van der Waals surface area contributed by atoms with Crippen molar-refractivity contribution in [2.24, 2.45) is 5.41 Å². The molecule has 0 fully saturated rings. The first-order chi connectivity index (χ1) is 10.4. The van der Waals surface area contributed by atoms with Gasteiger partial charge in [0.1, 0.15) is 29.3 Å². The molecule has 22 heavy (non-hydrogen) atoms. The number of hydrogen-bond acceptors (Lipinski definition) is 5. The van der Waals surface area contributed by atoms with Crippen LogP contribution in [0.2, 0.25) is 0 Å². The number of nitrogens with zero attached hydrogens (tertiary/aromatic N) is 2. The van der Waals surface area contributed by atoms with Crippen molar-refractivity contribution < 1.29 is 4.74 Å². The molecule has 0 heterocycles. The van der Waals surface area contributed by atoms with Gasteiger partial charge in [0.25, 0.3) is 0 Å². The Balaban J connectivity index is 2.79.